The molecule has 1 rings (SSSR count). The summed E-state index contributed by atoms with van der Waals surface area (Å²) in [6.07, 6.45) is 2.82. The molecule has 1 aliphatic heterocycles. The Bertz CT molecular complexity index is 219. The first-order valence-corrected chi connectivity index (χ1v) is 6.27. The Morgan fingerprint density at radius 1 is 1.29 bits per heavy atom. The van der Waals surface area contributed by atoms with Gasteiger partial charge in [-0.15, -0.1) is 0 Å². The fourth-order valence-electron chi connectivity index (χ4n) is 1.69. The zero-order chi connectivity index (χ0) is 12.5. The summed E-state index contributed by atoms with van der Waals surface area (Å²) in [4.78, 5) is 10.6. The summed E-state index contributed by atoms with van der Waals surface area (Å²) in [6, 6.07) is 0. The van der Waals surface area contributed by atoms with Crippen LogP contribution in [-0.4, -0.2) is 49.7 Å². The first kappa shape index (κ1) is 14.4. The minimum atomic E-state index is -0.879. The van der Waals surface area contributed by atoms with Gasteiger partial charge in [-0.2, -0.15) is 0 Å². The van der Waals surface area contributed by atoms with Crippen molar-refractivity contribution in [3.05, 3.63) is 0 Å². The lowest BCUT2D eigenvalue weighted by Crippen LogP contribution is -2.23. The lowest BCUT2D eigenvalue weighted by molar-refractivity contribution is -0.150. The Morgan fingerprint density at radius 2 is 2.06 bits per heavy atom. The van der Waals surface area contributed by atoms with Gasteiger partial charge in [0.1, 0.15) is 0 Å². The molecule has 1 heterocycles. The highest BCUT2D eigenvalue weighted by Crippen LogP contribution is 2.19. The molecule has 0 aromatic heterocycles. The van der Waals surface area contributed by atoms with Gasteiger partial charge < -0.3 is 19.3 Å². The number of hydrogen-bond donors (Lipinski definition) is 1. The maximum absolute atomic E-state index is 10.6. The number of carboxylic acids is 1. The zero-order valence-electron chi connectivity index (χ0n) is 10.4. The van der Waals surface area contributed by atoms with Crippen molar-refractivity contribution in [3.63, 3.8) is 0 Å². The van der Waals surface area contributed by atoms with E-state index in [1.54, 1.807) is 0 Å². The van der Waals surface area contributed by atoms with Crippen LogP contribution in [0, 0.1) is 0 Å². The number of aliphatic carboxylic acids is 1. The normalized spacial score (nSPS) is 24.1. The number of hydrogen-bond acceptors (Lipinski definition) is 4. The standard InChI is InChI=1S/C12H22O5/c1-2-3-6-15-7-8-16-9-10-4-5-11(17-10)12(13)14/h10-11H,2-9H2,1H3,(H,13,14). The third-order valence-electron chi connectivity index (χ3n) is 2.70. The average molecular weight is 246 g/mol. The Hall–Kier alpha value is -0.650. The van der Waals surface area contributed by atoms with Crippen LogP contribution in [0.25, 0.3) is 0 Å². The smallest absolute Gasteiger partial charge is 0.332 e. The van der Waals surface area contributed by atoms with Crippen LogP contribution in [0.5, 0.6) is 0 Å². The quantitative estimate of drug-likeness (QED) is 0.624. The molecule has 0 aromatic carbocycles. The minimum absolute atomic E-state index is 0.0771. The van der Waals surface area contributed by atoms with Crippen LogP contribution in [0.4, 0.5) is 0 Å². The summed E-state index contributed by atoms with van der Waals surface area (Å²) in [5.74, 6) is -0.879. The Morgan fingerprint density at radius 3 is 2.71 bits per heavy atom. The van der Waals surface area contributed by atoms with E-state index < -0.39 is 12.1 Å². The van der Waals surface area contributed by atoms with Crippen LogP contribution < -0.4 is 0 Å². The summed E-state index contributed by atoms with van der Waals surface area (Å²) in [7, 11) is 0. The minimum Gasteiger partial charge on any atom is -0.479 e. The van der Waals surface area contributed by atoms with Crippen LogP contribution >= 0.6 is 0 Å². The molecule has 2 atom stereocenters. The molecule has 0 spiro atoms. The SMILES string of the molecule is CCCCOCCOCC1CCC(C(=O)O)O1. The maximum Gasteiger partial charge on any atom is 0.332 e. The number of unbranched alkanes of at least 4 members (excludes halogenated alkanes) is 1. The molecule has 0 bridgehead atoms. The Balaban J connectivity index is 1.92. The van der Waals surface area contributed by atoms with Crippen LogP contribution in [-0.2, 0) is 19.0 Å². The van der Waals surface area contributed by atoms with E-state index in [0.717, 1.165) is 25.9 Å². The van der Waals surface area contributed by atoms with Crippen molar-refractivity contribution in [3.8, 4) is 0 Å². The summed E-state index contributed by atoms with van der Waals surface area (Å²) in [5.41, 5.74) is 0. The molecule has 100 valence electrons. The fraction of sp³-hybridized carbons (Fsp3) is 0.917. The number of ether oxygens (including phenoxy) is 3. The molecule has 2 unspecified atom stereocenters. The van der Waals surface area contributed by atoms with E-state index in [1.165, 1.54) is 0 Å². The molecule has 0 radical (unpaired) electrons. The van der Waals surface area contributed by atoms with Crippen LogP contribution in [0.2, 0.25) is 0 Å². The highest BCUT2D eigenvalue weighted by Gasteiger charge is 2.30. The summed E-state index contributed by atoms with van der Waals surface area (Å²) >= 11 is 0. The van der Waals surface area contributed by atoms with E-state index >= 15 is 0 Å². The third-order valence-corrected chi connectivity index (χ3v) is 2.70. The molecule has 5 nitrogen and oxygen atoms in total. The van der Waals surface area contributed by atoms with E-state index in [2.05, 4.69) is 6.92 Å². The van der Waals surface area contributed by atoms with Gasteiger partial charge in [0, 0.05) is 6.61 Å². The molecular weight excluding hydrogens is 224 g/mol. The molecule has 0 aliphatic carbocycles. The Labute approximate surface area is 102 Å². The van der Waals surface area contributed by atoms with Gasteiger partial charge in [-0.3, -0.25) is 0 Å². The average Bonchev–Trinajstić information content (AvgIpc) is 2.77. The molecule has 1 N–H and O–H groups in total. The predicted octanol–water partition coefficient (Wildman–Crippen LogP) is 1.45. The Kier molecular flexibility index (Phi) is 7.16. The molecule has 5 heteroatoms. The van der Waals surface area contributed by atoms with Crippen molar-refractivity contribution < 1.29 is 24.1 Å². The molecule has 0 aromatic rings. The van der Waals surface area contributed by atoms with Gasteiger partial charge in [-0.1, -0.05) is 13.3 Å². The van der Waals surface area contributed by atoms with Crippen LogP contribution in [0.3, 0.4) is 0 Å². The monoisotopic (exact) mass is 246 g/mol. The van der Waals surface area contributed by atoms with Crippen molar-refractivity contribution in [1.82, 2.24) is 0 Å². The second-order valence-electron chi connectivity index (χ2n) is 4.20. The van der Waals surface area contributed by atoms with Gasteiger partial charge >= 0.3 is 5.97 Å². The lowest BCUT2D eigenvalue weighted by atomic mass is 10.2. The fourth-order valence-corrected chi connectivity index (χ4v) is 1.69. The predicted molar refractivity (Wildman–Crippen MR) is 62.1 cm³/mol. The number of carboxylic acid groups (broad SMARTS) is 1. The number of rotatable bonds is 9. The van der Waals surface area contributed by atoms with Gasteiger partial charge in [-0.05, 0) is 19.3 Å². The zero-order valence-corrected chi connectivity index (χ0v) is 10.4. The maximum atomic E-state index is 10.6. The molecule has 0 amide bonds. The van der Waals surface area contributed by atoms with Gasteiger partial charge in [0.15, 0.2) is 6.10 Å². The molecule has 1 fully saturated rings. The van der Waals surface area contributed by atoms with Crippen molar-refractivity contribution in [2.75, 3.05) is 26.4 Å². The molecule has 0 saturated carbocycles. The van der Waals surface area contributed by atoms with E-state index in [4.69, 9.17) is 19.3 Å². The van der Waals surface area contributed by atoms with E-state index in [-0.39, 0.29) is 6.10 Å². The van der Waals surface area contributed by atoms with Crippen molar-refractivity contribution in [2.45, 2.75) is 44.8 Å². The van der Waals surface area contributed by atoms with Crippen molar-refractivity contribution in [2.24, 2.45) is 0 Å². The first-order valence-electron chi connectivity index (χ1n) is 6.27. The summed E-state index contributed by atoms with van der Waals surface area (Å²) in [5, 5.41) is 8.74. The third kappa shape index (κ3) is 6.00. The van der Waals surface area contributed by atoms with Crippen molar-refractivity contribution in [1.29, 1.82) is 0 Å². The largest absolute Gasteiger partial charge is 0.479 e. The topological polar surface area (TPSA) is 65.0 Å². The van der Waals surface area contributed by atoms with Gasteiger partial charge in [0.25, 0.3) is 0 Å². The van der Waals surface area contributed by atoms with Crippen LogP contribution in [0.1, 0.15) is 32.6 Å². The van der Waals surface area contributed by atoms with Gasteiger partial charge in [0.05, 0.1) is 25.9 Å². The van der Waals surface area contributed by atoms with Gasteiger partial charge in [0.2, 0.25) is 0 Å². The summed E-state index contributed by atoms with van der Waals surface area (Å²) < 4.78 is 16.0. The molecule has 1 saturated heterocycles. The molecule has 1 aliphatic rings. The van der Waals surface area contributed by atoms with E-state index in [0.29, 0.717) is 26.2 Å². The van der Waals surface area contributed by atoms with Crippen molar-refractivity contribution >= 4 is 5.97 Å². The molecular formula is C12H22O5. The van der Waals surface area contributed by atoms with E-state index in [9.17, 15) is 4.79 Å². The first-order chi connectivity index (χ1) is 8.24. The van der Waals surface area contributed by atoms with E-state index in [1.807, 2.05) is 0 Å². The summed E-state index contributed by atoms with van der Waals surface area (Å²) in [6.45, 7) is 4.49. The lowest BCUT2D eigenvalue weighted by Gasteiger charge is -2.11. The second kappa shape index (κ2) is 8.44. The second-order valence-corrected chi connectivity index (χ2v) is 4.20. The van der Waals surface area contributed by atoms with Gasteiger partial charge in [-0.25, -0.2) is 4.79 Å². The molecule has 17 heavy (non-hydrogen) atoms. The van der Waals surface area contributed by atoms with Crippen LogP contribution in [0.15, 0.2) is 0 Å². The highest BCUT2D eigenvalue weighted by molar-refractivity contribution is 5.72. The number of carbonyl (C=O) groups is 1. The highest BCUT2D eigenvalue weighted by atomic mass is 16.6.